The fourth-order valence-electron chi connectivity index (χ4n) is 4.02. The van der Waals surface area contributed by atoms with Crippen molar-refractivity contribution < 1.29 is 9.59 Å². The lowest BCUT2D eigenvalue weighted by Gasteiger charge is -2.36. The maximum atomic E-state index is 12.7. The smallest absolute Gasteiger partial charge is 0.229 e. The van der Waals surface area contributed by atoms with Gasteiger partial charge in [-0.3, -0.25) is 9.59 Å². The monoisotopic (exact) mass is 455 g/mol. The van der Waals surface area contributed by atoms with Crippen molar-refractivity contribution in [1.82, 2.24) is 10.2 Å². The van der Waals surface area contributed by atoms with Crippen molar-refractivity contribution in [1.29, 1.82) is 0 Å². The minimum absolute atomic E-state index is 0.0498. The van der Waals surface area contributed by atoms with Crippen molar-refractivity contribution in [2.75, 3.05) is 5.32 Å². The predicted molar refractivity (Wildman–Crippen MR) is 113 cm³/mol. The summed E-state index contributed by atoms with van der Waals surface area (Å²) in [5.41, 5.74) is 0.857. The summed E-state index contributed by atoms with van der Waals surface area (Å²) in [4.78, 5) is 24.9. The van der Waals surface area contributed by atoms with E-state index in [9.17, 15) is 9.59 Å². The first-order valence-corrected chi connectivity index (χ1v) is 11.8. The molecule has 2 unspecified atom stereocenters. The largest absolute Gasteiger partial charge is 0.300 e. The minimum Gasteiger partial charge on any atom is -0.300 e. The van der Waals surface area contributed by atoms with Crippen LogP contribution in [0.2, 0.25) is 10.0 Å². The Kier molecular flexibility index (Phi) is 6.25. The molecule has 0 spiro atoms. The average molecular weight is 456 g/mol. The molecule has 2 atom stereocenters. The van der Waals surface area contributed by atoms with E-state index in [1.54, 1.807) is 12.1 Å². The summed E-state index contributed by atoms with van der Waals surface area (Å²) in [6, 6.07) is 5.42. The van der Waals surface area contributed by atoms with Gasteiger partial charge in [0.2, 0.25) is 11.0 Å². The zero-order valence-corrected chi connectivity index (χ0v) is 18.1. The van der Waals surface area contributed by atoms with E-state index < -0.39 is 0 Å². The number of benzene rings is 1. The first-order chi connectivity index (χ1) is 13.5. The molecular formula is C19H19Cl2N3O2S2. The van der Waals surface area contributed by atoms with Crippen molar-refractivity contribution in [2.45, 2.75) is 42.2 Å². The van der Waals surface area contributed by atoms with Crippen LogP contribution in [0.4, 0.5) is 5.13 Å². The third kappa shape index (κ3) is 4.37. The van der Waals surface area contributed by atoms with Crippen LogP contribution in [0.15, 0.2) is 22.5 Å². The standard InChI is InChI=1S/C19H19Cl2N3O2S2/c20-14-5-2-6-15(21)13(14)9-27-19-24-23-18(28-19)22-17(26)12-7-10-3-1-4-11(8-12)16(10)25/h2,5-6,10-12H,1,3-4,7-9H2,(H,22,23,26). The van der Waals surface area contributed by atoms with Crippen LogP contribution < -0.4 is 5.32 Å². The second-order valence-corrected chi connectivity index (χ2v) is 10.3. The number of nitrogens with one attached hydrogen (secondary N) is 1. The number of anilines is 1. The summed E-state index contributed by atoms with van der Waals surface area (Å²) >= 11 is 15.2. The molecule has 1 N–H and O–H groups in total. The van der Waals surface area contributed by atoms with Gasteiger partial charge in [0.25, 0.3) is 0 Å². The van der Waals surface area contributed by atoms with Crippen LogP contribution in [0, 0.1) is 17.8 Å². The summed E-state index contributed by atoms with van der Waals surface area (Å²) in [7, 11) is 0. The van der Waals surface area contributed by atoms with Gasteiger partial charge in [0.15, 0.2) is 4.34 Å². The summed E-state index contributed by atoms with van der Waals surface area (Å²) in [6.07, 6.45) is 4.26. The lowest BCUT2D eigenvalue weighted by molar-refractivity contribution is -0.136. The molecule has 2 bridgehead atoms. The third-order valence-corrected chi connectivity index (χ3v) is 8.16. The third-order valence-electron chi connectivity index (χ3n) is 5.46. The van der Waals surface area contributed by atoms with Crippen molar-refractivity contribution in [3.05, 3.63) is 33.8 Å². The van der Waals surface area contributed by atoms with Gasteiger partial charge in [-0.15, -0.1) is 10.2 Å². The fourth-order valence-corrected chi connectivity index (χ4v) is 6.52. The van der Waals surface area contributed by atoms with Gasteiger partial charge in [-0.2, -0.15) is 0 Å². The van der Waals surface area contributed by atoms with E-state index in [1.807, 2.05) is 6.07 Å². The van der Waals surface area contributed by atoms with E-state index in [0.29, 0.717) is 39.6 Å². The molecule has 9 heteroatoms. The van der Waals surface area contributed by atoms with Crippen LogP contribution in [0.3, 0.4) is 0 Å². The van der Waals surface area contributed by atoms with Gasteiger partial charge in [0.05, 0.1) is 0 Å². The molecule has 2 aliphatic carbocycles. The predicted octanol–water partition coefficient (Wildman–Crippen LogP) is 5.47. The maximum Gasteiger partial charge on any atom is 0.229 e. The van der Waals surface area contributed by atoms with Crippen molar-refractivity contribution >= 4 is 63.1 Å². The van der Waals surface area contributed by atoms with Crippen LogP contribution in [-0.2, 0) is 15.3 Å². The van der Waals surface area contributed by atoms with Gasteiger partial charge in [0.1, 0.15) is 5.78 Å². The number of Topliss-reactive ketones (excluding diaryl/α,β-unsaturated/α-hetero) is 1. The molecule has 28 heavy (non-hydrogen) atoms. The van der Waals surface area contributed by atoms with Crippen molar-refractivity contribution in [3.8, 4) is 0 Å². The van der Waals surface area contributed by atoms with Crippen LogP contribution in [0.25, 0.3) is 0 Å². The normalized spacial score (nSPS) is 24.2. The molecule has 0 aliphatic heterocycles. The van der Waals surface area contributed by atoms with Gasteiger partial charge in [-0.25, -0.2) is 0 Å². The maximum absolute atomic E-state index is 12.7. The number of fused-ring (bicyclic) bond motifs is 2. The molecule has 2 saturated carbocycles. The zero-order chi connectivity index (χ0) is 19.7. The average Bonchev–Trinajstić information content (AvgIpc) is 3.08. The number of carbonyl (C=O) groups is 2. The second kappa shape index (κ2) is 8.69. The molecule has 1 aromatic heterocycles. The number of halogens is 2. The van der Waals surface area contributed by atoms with E-state index in [0.717, 1.165) is 29.2 Å². The molecule has 0 radical (unpaired) electrons. The van der Waals surface area contributed by atoms with Crippen molar-refractivity contribution in [2.24, 2.45) is 17.8 Å². The molecule has 2 aromatic rings. The number of hydrogen-bond acceptors (Lipinski definition) is 6. The lowest BCUT2D eigenvalue weighted by atomic mass is 9.67. The summed E-state index contributed by atoms with van der Waals surface area (Å²) in [5, 5.41) is 12.8. The fraction of sp³-hybridized carbons (Fsp3) is 0.474. The Balaban J connectivity index is 1.34. The summed E-state index contributed by atoms with van der Waals surface area (Å²) in [6.45, 7) is 0. The molecule has 4 rings (SSSR count). The topological polar surface area (TPSA) is 72.0 Å². The zero-order valence-electron chi connectivity index (χ0n) is 15.0. The first kappa shape index (κ1) is 20.1. The Hall–Kier alpha value is -1.15. The quantitative estimate of drug-likeness (QED) is 0.477. The Morgan fingerprint density at radius 2 is 1.86 bits per heavy atom. The summed E-state index contributed by atoms with van der Waals surface area (Å²) < 4.78 is 0.738. The van der Waals surface area contributed by atoms with Crippen LogP contribution in [0.5, 0.6) is 0 Å². The van der Waals surface area contributed by atoms with Crippen molar-refractivity contribution in [3.63, 3.8) is 0 Å². The number of ketones is 1. The lowest BCUT2D eigenvalue weighted by Crippen LogP contribution is -2.40. The Labute approximate surface area is 181 Å². The van der Waals surface area contributed by atoms with E-state index in [4.69, 9.17) is 23.2 Å². The van der Waals surface area contributed by atoms with E-state index in [-0.39, 0.29) is 23.7 Å². The Morgan fingerprint density at radius 1 is 1.18 bits per heavy atom. The number of amides is 1. The molecule has 2 fully saturated rings. The number of aromatic nitrogens is 2. The molecular weight excluding hydrogens is 437 g/mol. The Morgan fingerprint density at radius 3 is 2.54 bits per heavy atom. The molecule has 0 saturated heterocycles. The number of thioether (sulfide) groups is 1. The number of carbonyl (C=O) groups excluding carboxylic acids is 2. The highest BCUT2D eigenvalue weighted by atomic mass is 35.5. The van der Waals surface area contributed by atoms with Crippen LogP contribution >= 0.6 is 46.3 Å². The second-order valence-electron chi connectivity index (χ2n) is 7.25. The Bertz CT molecular complexity index is 869. The SMILES string of the molecule is O=C(Nc1nnc(SCc2c(Cl)cccc2Cl)s1)C1CC2CCCC(C1)C2=O. The number of nitrogens with zero attached hydrogens (tertiary/aromatic N) is 2. The minimum atomic E-state index is -0.116. The van der Waals surface area contributed by atoms with Crippen LogP contribution in [-0.4, -0.2) is 21.9 Å². The summed E-state index contributed by atoms with van der Waals surface area (Å²) in [5.74, 6) is 0.896. The number of rotatable bonds is 5. The van der Waals surface area contributed by atoms with Gasteiger partial charge < -0.3 is 5.32 Å². The van der Waals surface area contributed by atoms with Gasteiger partial charge in [-0.05, 0) is 43.4 Å². The van der Waals surface area contributed by atoms with Gasteiger partial charge in [-0.1, -0.05) is 58.8 Å². The van der Waals surface area contributed by atoms with E-state index in [2.05, 4.69) is 15.5 Å². The molecule has 148 valence electrons. The first-order valence-electron chi connectivity index (χ1n) is 9.25. The van der Waals surface area contributed by atoms with E-state index >= 15 is 0 Å². The number of hydrogen-bond donors (Lipinski definition) is 1. The van der Waals surface area contributed by atoms with E-state index in [1.165, 1.54) is 23.1 Å². The molecule has 1 amide bonds. The highest BCUT2D eigenvalue weighted by Gasteiger charge is 2.41. The highest BCUT2D eigenvalue weighted by Crippen LogP contribution is 2.40. The highest BCUT2D eigenvalue weighted by molar-refractivity contribution is 8.00. The van der Waals surface area contributed by atoms with Gasteiger partial charge in [0, 0.05) is 33.6 Å². The molecule has 2 aliphatic rings. The van der Waals surface area contributed by atoms with Crippen LogP contribution in [0.1, 0.15) is 37.7 Å². The molecule has 5 nitrogen and oxygen atoms in total. The van der Waals surface area contributed by atoms with Gasteiger partial charge >= 0.3 is 0 Å². The molecule has 1 heterocycles. The molecule has 1 aromatic carbocycles.